The predicted octanol–water partition coefficient (Wildman–Crippen LogP) is 3.84. The van der Waals surface area contributed by atoms with E-state index in [1.807, 2.05) is 24.3 Å². The summed E-state index contributed by atoms with van der Waals surface area (Å²) in [6.45, 7) is 0.120. The molecule has 4 heteroatoms. The first-order valence-electron chi connectivity index (χ1n) is 6.18. The molecule has 0 aliphatic carbocycles. The largest absolute Gasteiger partial charge is 0.310 e. The average molecular weight is 288 g/mol. The van der Waals surface area contributed by atoms with Crippen molar-refractivity contribution in [2.75, 3.05) is 0 Å². The highest BCUT2D eigenvalue weighted by Gasteiger charge is 2.09. The van der Waals surface area contributed by atoms with Gasteiger partial charge in [0.25, 0.3) is 5.56 Å². The number of aromatic nitrogens is 1. The molecule has 0 amide bonds. The van der Waals surface area contributed by atoms with Crippen LogP contribution in [-0.2, 0) is 6.54 Å². The molecular formula is C16H11ClFNO. The van der Waals surface area contributed by atoms with Gasteiger partial charge in [0.1, 0.15) is 5.82 Å². The molecule has 0 aliphatic heterocycles. The summed E-state index contributed by atoms with van der Waals surface area (Å²) in [4.78, 5) is 12.4. The molecule has 0 fully saturated rings. The molecule has 2 nitrogen and oxygen atoms in total. The monoisotopic (exact) mass is 287 g/mol. The number of nitrogens with zero attached hydrogens (tertiary/aromatic N) is 1. The highest BCUT2D eigenvalue weighted by atomic mass is 35.5. The number of pyridine rings is 1. The van der Waals surface area contributed by atoms with Crippen LogP contribution in [0.2, 0.25) is 5.02 Å². The SMILES string of the molecule is O=c1c2ccccc2ccn1Cc1c(F)cccc1Cl. The first-order valence-corrected chi connectivity index (χ1v) is 6.56. The first-order chi connectivity index (χ1) is 9.66. The Balaban J connectivity index is 2.12. The minimum absolute atomic E-state index is 0.120. The molecule has 0 aliphatic rings. The summed E-state index contributed by atoms with van der Waals surface area (Å²) >= 11 is 5.99. The lowest BCUT2D eigenvalue weighted by Gasteiger charge is -2.09. The fourth-order valence-corrected chi connectivity index (χ4v) is 2.43. The summed E-state index contributed by atoms with van der Waals surface area (Å²) in [6.07, 6.45) is 1.66. The summed E-state index contributed by atoms with van der Waals surface area (Å²) in [5, 5.41) is 1.81. The third-order valence-electron chi connectivity index (χ3n) is 3.28. The van der Waals surface area contributed by atoms with Gasteiger partial charge in [-0.15, -0.1) is 0 Å². The third-order valence-corrected chi connectivity index (χ3v) is 3.63. The molecular weight excluding hydrogens is 277 g/mol. The standard InChI is InChI=1S/C16H11ClFNO/c17-14-6-3-7-15(18)13(14)10-19-9-8-11-4-1-2-5-12(11)16(19)20/h1-9H,10H2. The van der Waals surface area contributed by atoms with Crippen molar-refractivity contribution >= 4 is 22.4 Å². The van der Waals surface area contributed by atoms with Crippen LogP contribution in [0.5, 0.6) is 0 Å². The molecule has 100 valence electrons. The maximum absolute atomic E-state index is 13.8. The second-order valence-electron chi connectivity index (χ2n) is 4.54. The molecule has 1 heterocycles. The Labute approximate surface area is 120 Å². The van der Waals surface area contributed by atoms with Crippen molar-refractivity contribution in [3.8, 4) is 0 Å². The minimum atomic E-state index is -0.405. The zero-order valence-electron chi connectivity index (χ0n) is 10.5. The highest BCUT2D eigenvalue weighted by Crippen LogP contribution is 2.20. The molecule has 20 heavy (non-hydrogen) atoms. The average Bonchev–Trinajstić information content (AvgIpc) is 2.45. The maximum atomic E-state index is 13.8. The van der Waals surface area contributed by atoms with Crippen molar-refractivity contribution in [2.45, 2.75) is 6.54 Å². The number of rotatable bonds is 2. The van der Waals surface area contributed by atoms with Gasteiger partial charge in [0.05, 0.1) is 6.54 Å². The summed E-state index contributed by atoms with van der Waals surface area (Å²) in [6, 6.07) is 13.7. The molecule has 0 bridgehead atoms. The Kier molecular flexibility index (Phi) is 3.28. The van der Waals surface area contributed by atoms with Crippen molar-refractivity contribution < 1.29 is 4.39 Å². The zero-order chi connectivity index (χ0) is 14.1. The van der Waals surface area contributed by atoms with Crippen LogP contribution in [0.25, 0.3) is 10.8 Å². The fourth-order valence-electron chi connectivity index (χ4n) is 2.21. The molecule has 3 rings (SSSR count). The fraction of sp³-hybridized carbons (Fsp3) is 0.0625. The van der Waals surface area contributed by atoms with Crippen molar-refractivity contribution in [3.63, 3.8) is 0 Å². The lowest BCUT2D eigenvalue weighted by molar-refractivity contribution is 0.597. The van der Waals surface area contributed by atoms with E-state index in [1.54, 1.807) is 24.4 Å². The van der Waals surface area contributed by atoms with Crippen LogP contribution in [0.15, 0.2) is 59.5 Å². The molecule has 3 aromatic rings. The van der Waals surface area contributed by atoms with Gasteiger partial charge in [-0.2, -0.15) is 0 Å². The van der Waals surface area contributed by atoms with Gasteiger partial charge in [-0.1, -0.05) is 35.9 Å². The van der Waals surface area contributed by atoms with Crippen molar-refractivity contribution in [1.82, 2.24) is 4.57 Å². The lowest BCUT2D eigenvalue weighted by Crippen LogP contribution is -2.20. The molecule has 0 radical (unpaired) electrons. The van der Waals surface area contributed by atoms with Crippen LogP contribution in [0.4, 0.5) is 4.39 Å². The van der Waals surface area contributed by atoms with Crippen molar-refractivity contribution in [1.29, 1.82) is 0 Å². The predicted molar refractivity (Wildman–Crippen MR) is 78.7 cm³/mol. The minimum Gasteiger partial charge on any atom is -0.310 e. The van der Waals surface area contributed by atoms with Crippen LogP contribution < -0.4 is 5.56 Å². The molecule has 0 spiro atoms. The van der Waals surface area contributed by atoms with Gasteiger partial charge in [-0.05, 0) is 29.7 Å². The van der Waals surface area contributed by atoms with Crippen LogP contribution in [0.3, 0.4) is 0 Å². The van der Waals surface area contributed by atoms with Gasteiger partial charge >= 0.3 is 0 Å². The topological polar surface area (TPSA) is 22.0 Å². The summed E-state index contributed by atoms with van der Waals surface area (Å²) < 4.78 is 15.2. The van der Waals surface area contributed by atoms with Crippen LogP contribution >= 0.6 is 11.6 Å². The van der Waals surface area contributed by atoms with Gasteiger partial charge in [0.15, 0.2) is 0 Å². The molecule has 0 unspecified atom stereocenters. The molecule has 0 N–H and O–H groups in total. The van der Waals surface area contributed by atoms with E-state index in [-0.39, 0.29) is 12.1 Å². The third kappa shape index (κ3) is 2.21. The van der Waals surface area contributed by atoms with E-state index in [0.717, 1.165) is 5.39 Å². The second kappa shape index (κ2) is 5.10. The molecule has 2 aromatic carbocycles. The Bertz CT molecular complexity index is 821. The second-order valence-corrected chi connectivity index (χ2v) is 4.94. The molecule has 1 aromatic heterocycles. The molecule has 0 saturated heterocycles. The Morgan fingerprint density at radius 3 is 2.65 bits per heavy atom. The van der Waals surface area contributed by atoms with E-state index < -0.39 is 5.82 Å². The van der Waals surface area contributed by atoms with Crippen LogP contribution in [-0.4, -0.2) is 4.57 Å². The van der Waals surface area contributed by atoms with Gasteiger partial charge < -0.3 is 4.57 Å². The number of hydrogen-bond donors (Lipinski definition) is 0. The van der Waals surface area contributed by atoms with E-state index in [0.29, 0.717) is 16.0 Å². The van der Waals surface area contributed by atoms with E-state index in [4.69, 9.17) is 11.6 Å². The first kappa shape index (κ1) is 12.9. The Morgan fingerprint density at radius 1 is 1.05 bits per heavy atom. The number of fused-ring (bicyclic) bond motifs is 1. The zero-order valence-corrected chi connectivity index (χ0v) is 11.3. The summed E-state index contributed by atoms with van der Waals surface area (Å²) in [7, 11) is 0. The highest BCUT2D eigenvalue weighted by molar-refractivity contribution is 6.31. The van der Waals surface area contributed by atoms with Gasteiger partial charge in [-0.25, -0.2) is 4.39 Å². The van der Waals surface area contributed by atoms with Crippen molar-refractivity contribution in [3.05, 3.63) is 81.5 Å². The molecule has 0 saturated carbocycles. The number of hydrogen-bond acceptors (Lipinski definition) is 1. The van der Waals surface area contributed by atoms with E-state index in [9.17, 15) is 9.18 Å². The van der Waals surface area contributed by atoms with Gasteiger partial charge in [0.2, 0.25) is 0 Å². The normalized spacial score (nSPS) is 10.9. The summed E-state index contributed by atoms with van der Waals surface area (Å²) in [5.41, 5.74) is 0.175. The van der Waals surface area contributed by atoms with Crippen LogP contribution in [0, 0.1) is 5.82 Å². The van der Waals surface area contributed by atoms with Gasteiger partial charge in [-0.3, -0.25) is 4.79 Å². The maximum Gasteiger partial charge on any atom is 0.258 e. The van der Waals surface area contributed by atoms with E-state index in [2.05, 4.69) is 0 Å². The Hall–Kier alpha value is -2.13. The smallest absolute Gasteiger partial charge is 0.258 e. The number of halogens is 2. The quantitative estimate of drug-likeness (QED) is 0.702. The van der Waals surface area contributed by atoms with Gasteiger partial charge in [0, 0.05) is 22.2 Å². The van der Waals surface area contributed by atoms with E-state index >= 15 is 0 Å². The summed E-state index contributed by atoms with van der Waals surface area (Å²) in [5.74, 6) is -0.405. The van der Waals surface area contributed by atoms with Crippen LogP contribution in [0.1, 0.15) is 5.56 Å². The van der Waals surface area contributed by atoms with E-state index in [1.165, 1.54) is 10.6 Å². The molecule has 0 atom stereocenters. The Morgan fingerprint density at radius 2 is 1.85 bits per heavy atom. The number of benzene rings is 2. The van der Waals surface area contributed by atoms with Crippen molar-refractivity contribution in [2.24, 2.45) is 0 Å². The lowest BCUT2D eigenvalue weighted by atomic mass is 10.1.